The molecule has 3 aromatic rings. The summed E-state index contributed by atoms with van der Waals surface area (Å²) in [6.07, 6.45) is 3.74. The van der Waals surface area contributed by atoms with Gasteiger partial charge in [0.25, 0.3) is 5.91 Å². The maximum Gasteiger partial charge on any atom is 0.262 e. The van der Waals surface area contributed by atoms with Crippen molar-refractivity contribution in [1.82, 2.24) is 0 Å². The van der Waals surface area contributed by atoms with Gasteiger partial charge in [0.05, 0.1) is 17.3 Å². The van der Waals surface area contributed by atoms with Crippen molar-refractivity contribution >= 4 is 45.1 Å². The summed E-state index contributed by atoms with van der Waals surface area (Å²) in [7, 11) is 1.61. The lowest BCUT2D eigenvalue weighted by molar-refractivity contribution is -0.113. The van der Waals surface area contributed by atoms with Gasteiger partial charge in [0.2, 0.25) is 0 Å². The van der Waals surface area contributed by atoms with Crippen molar-refractivity contribution in [2.24, 2.45) is 0 Å². The molecule has 0 unspecified atom stereocenters. The Kier molecular flexibility index (Phi) is 5.87. The van der Waals surface area contributed by atoms with Gasteiger partial charge in [-0.05, 0) is 70.4 Å². The largest absolute Gasteiger partial charge is 0.496 e. The lowest BCUT2D eigenvalue weighted by atomic mass is 10.1. The zero-order chi connectivity index (χ0) is 22.0. The fourth-order valence-corrected chi connectivity index (χ4v) is 4.07. The smallest absolute Gasteiger partial charge is 0.262 e. The van der Waals surface area contributed by atoms with E-state index >= 15 is 0 Å². The normalized spacial score (nSPS) is 14.7. The van der Waals surface area contributed by atoms with E-state index in [0.29, 0.717) is 16.8 Å². The number of Topliss-reactive ketones (excluding diaryl/α,β-unsaturated/α-hetero) is 1. The minimum absolute atomic E-state index is 0.0439. The average molecular weight is 474 g/mol. The molecule has 0 radical (unpaired) electrons. The highest BCUT2D eigenvalue weighted by Gasteiger charge is 2.30. The maximum atomic E-state index is 13.5. The zero-order valence-electron chi connectivity index (χ0n) is 17.1. The molecule has 0 saturated heterocycles. The predicted octanol–water partition coefficient (Wildman–Crippen LogP) is 6.13. The van der Waals surface area contributed by atoms with Crippen LogP contribution in [0.3, 0.4) is 0 Å². The molecule has 1 aliphatic rings. The molecule has 0 bridgehead atoms. The molecule has 31 heavy (non-hydrogen) atoms. The van der Waals surface area contributed by atoms with Gasteiger partial charge >= 0.3 is 0 Å². The second-order valence-corrected chi connectivity index (χ2v) is 7.99. The molecule has 154 valence electrons. The van der Waals surface area contributed by atoms with Crippen LogP contribution >= 0.6 is 15.9 Å². The second-order valence-electron chi connectivity index (χ2n) is 7.14. The van der Waals surface area contributed by atoms with Crippen LogP contribution in [0.2, 0.25) is 0 Å². The number of nitrogens with zero attached hydrogens (tertiary/aromatic N) is 1. The summed E-state index contributed by atoms with van der Waals surface area (Å²) in [6.45, 7) is 1.52. The van der Waals surface area contributed by atoms with Gasteiger partial charge in [-0.3, -0.25) is 14.5 Å². The highest BCUT2D eigenvalue weighted by atomic mass is 79.9. The molecule has 0 fully saturated rings. The topological polar surface area (TPSA) is 46.6 Å². The van der Waals surface area contributed by atoms with E-state index in [9.17, 15) is 9.59 Å². The zero-order valence-corrected chi connectivity index (χ0v) is 18.7. The molecule has 0 aromatic heterocycles. The number of hydrogen-bond acceptors (Lipinski definition) is 3. The third-order valence-electron chi connectivity index (χ3n) is 5.06. The Labute approximate surface area is 189 Å². The first kappa shape index (κ1) is 20.8. The third-order valence-corrected chi connectivity index (χ3v) is 5.68. The molecule has 1 heterocycles. The molecule has 0 saturated carbocycles. The second kappa shape index (κ2) is 8.74. The Hall–Kier alpha value is -3.44. The van der Waals surface area contributed by atoms with Gasteiger partial charge in [0, 0.05) is 16.8 Å². The molecule has 5 heteroatoms. The molecule has 0 N–H and O–H groups in total. The molecule has 0 atom stereocenters. The minimum Gasteiger partial charge on any atom is -0.496 e. The summed E-state index contributed by atoms with van der Waals surface area (Å²) >= 11 is 3.49. The fraction of sp³-hybridized carbons (Fsp3) is 0.0769. The molecule has 0 spiro atoms. The summed E-state index contributed by atoms with van der Waals surface area (Å²) in [6, 6.07) is 22.6. The molecule has 1 amide bonds. The van der Waals surface area contributed by atoms with Crippen LogP contribution in [0.25, 0.3) is 11.8 Å². The number of benzene rings is 3. The maximum absolute atomic E-state index is 13.5. The minimum atomic E-state index is -0.147. The molecule has 1 aliphatic heterocycles. The molecule has 4 rings (SSSR count). The highest BCUT2D eigenvalue weighted by Crippen LogP contribution is 2.36. The van der Waals surface area contributed by atoms with Crippen LogP contribution in [0, 0.1) is 0 Å². The van der Waals surface area contributed by atoms with Gasteiger partial charge in [0.1, 0.15) is 5.75 Å². The van der Waals surface area contributed by atoms with Crippen molar-refractivity contribution < 1.29 is 14.3 Å². The Bertz CT molecular complexity index is 1230. The van der Waals surface area contributed by atoms with Crippen LogP contribution in [0.4, 0.5) is 5.69 Å². The first-order chi connectivity index (χ1) is 15.0. The van der Waals surface area contributed by atoms with Gasteiger partial charge in [0.15, 0.2) is 5.78 Å². The standard InChI is InChI=1S/C26H20BrNO3/c1-17(29)20-9-6-10-22(15-20)28-24(19-7-4-3-5-8-19)16-21(26(28)30)13-18-11-12-25(31-2)23(27)14-18/h3-16H,1-2H3. The van der Waals surface area contributed by atoms with Crippen molar-refractivity contribution in [2.45, 2.75) is 6.92 Å². The predicted molar refractivity (Wildman–Crippen MR) is 127 cm³/mol. The summed E-state index contributed by atoms with van der Waals surface area (Å²) in [5.41, 5.74) is 4.35. The van der Waals surface area contributed by atoms with Crippen molar-refractivity contribution in [1.29, 1.82) is 0 Å². The van der Waals surface area contributed by atoms with E-state index in [4.69, 9.17) is 4.74 Å². The fourth-order valence-electron chi connectivity index (χ4n) is 3.51. The summed E-state index contributed by atoms with van der Waals surface area (Å²) < 4.78 is 6.10. The van der Waals surface area contributed by atoms with E-state index < -0.39 is 0 Å². The number of rotatable bonds is 5. The van der Waals surface area contributed by atoms with E-state index in [1.54, 1.807) is 30.2 Å². The molecular formula is C26H20BrNO3. The van der Waals surface area contributed by atoms with E-state index in [1.807, 2.05) is 66.7 Å². The van der Waals surface area contributed by atoms with Crippen LogP contribution in [-0.4, -0.2) is 18.8 Å². The van der Waals surface area contributed by atoms with E-state index in [1.165, 1.54) is 6.92 Å². The Morgan fingerprint density at radius 1 is 1.00 bits per heavy atom. The Morgan fingerprint density at radius 3 is 2.45 bits per heavy atom. The van der Waals surface area contributed by atoms with Crippen LogP contribution in [0.5, 0.6) is 5.75 Å². The number of ether oxygens (including phenoxy) is 1. The molecule has 0 aliphatic carbocycles. The van der Waals surface area contributed by atoms with Crippen molar-refractivity contribution in [3.8, 4) is 5.75 Å². The third kappa shape index (κ3) is 4.23. The van der Waals surface area contributed by atoms with Crippen molar-refractivity contribution in [3.63, 3.8) is 0 Å². The monoisotopic (exact) mass is 473 g/mol. The number of carbonyl (C=O) groups excluding carboxylic acids is 2. The van der Waals surface area contributed by atoms with Crippen LogP contribution in [0.1, 0.15) is 28.4 Å². The van der Waals surface area contributed by atoms with Gasteiger partial charge in [-0.1, -0.05) is 48.5 Å². The Balaban J connectivity index is 1.81. The lowest BCUT2D eigenvalue weighted by Gasteiger charge is -2.21. The first-order valence-corrected chi connectivity index (χ1v) is 10.5. The molecular weight excluding hydrogens is 454 g/mol. The number of hydrogen-bond donors (Lipinski definition) is 0. The average Bonchev–Trinajstić information content (AvgIpc) is 3.10. The SMILES string of the molecule is COc1ccc(C=C2C=C(c3ccccc3)N(c3cccc(C(C)=O)c3)C2=O)cc1Br. The van der Waals surface area contributed by atoms with Crippen molar-refractivity contribution in [2.75, 3.05) is 12.0 Å². The van der Waals surface area contributed by atoms with Crippen molar-refractivity contribution in [3.05, 3.63) is 106 Å². The van der Waals surface area contributed by atoms with E-state index in [2.05, 4.69) is 15.9 Å². The number of ketones is 1. The number of amides is 1. The number of methoxy groups -OCH3 is 1. The summed E-state index contributed by atoms with van der Waals surface area (Å²) in [5.74, 6) is 0.534. The summed E-state index contributed by atoms with van der Waals surface area (Å²) in [4.78, 5) is 27.0. The van der Waals surface area contributed by atoms with Gasteiger partial charge in [-0.25, -0.2) is 0 Å². The van der Waals surface area contributed by atoms with Gasteiger partial charge in [-0.2, -0.15) is 0 Å². The van der Waals surface area contributed by atoms with E-state index in [0.717, 1.165) is 27.0 Å². The Morgan fingerprint density at radius 2 is 1.77 bits per heavy atom. The van der Waals surface area contributed by atoms with Gasteiger partial charge in [-0.15, -0.1) is 0 Å². The number of anilines is 1. The number of halogens is 1. The number of carbonyl (C=O) groups is 2. The van der Waals surface area contributed by atoms with Crippen LogP contribution < -0.4 is 9.64 Å². The quantitative estimate of drug-likeness (QED) is 0.330. The lowest BCUT2D eigenvalue weighted by Crippen LogP contribution is -2.25. The van der Waals surface area contributed by atoms with Crippen LogP contribution in [0.15, 0.2) is 88.9 Å². The van der Waals surface area contributed by atoms with Gasteiger partial charge < -0.3 is 4.74 Å². The molecule has 3 aromatic carbocycles. The van der Waals surface area contributed by atoms with Crippen LogP contribution in [-0.2, 0) is 4.79 Å². The van der Waals surface area contributed by atoms with E-state index in [-0.39, 0.29) is 11.7 Å². The highest BCUT2D eigenvalue weighted by molar-refractivity contribution is 9.10. The summed E-state index contributed by atoms with van der Waals surface area (Å²) in [5, 5.41) is 0. The first-order valence-electron chi connectivity index (χ1n) is 9.76. The molecule has 4 nitrogen and oxygen atoms in total.